The van der Waals surface area contributed by atoms with Gasteiger partial charge in [0.1, 0.15) is 6.04 Å². The summed E-state index contributed by atoms with van der Waals surface area (Å²) in [6.45, 7) is 4.51. The van der Waals surface area contributed by atoms with Crippen LogP contribution in [0.25, 0.3) is 0 Å². The first kappa shape index (κ1) is 16.9. The Morgan fingerprint density at radius 1 is 1.22 bits per heavy atom. The van der Waals surface area contributed by atoms with Gasteiger partial charge in [0.15, 0.2) is 0 Å². The molecule has 6 heteroatoms. The molecule has 0 rings (SSSR count). The van der Waals surface area contributed by atoms with Gasteiger partial charge in [-0.3, -0.25) is 9.59 Å². The fourth-order valence-corrected chi connectivity index (χ4v) is 1.64. The molecule has 2 amide bonds. The van der Waals surface area contributed by atoms with Crippen LogP contribution >= 0.6 is 0 Å². The number of hydrogen-bond donors (Lipinski definition) is 4. The fourth-order valence-electron chi connectivity index (χ4n) is 1.64. The summed E-state index contributed by atoms with van der Waals surface area (Å²) in [7, 11) is 0. The van der Waals surface area contributed by atoms with Crippen molar-refractivity contribution in [2.75, 3.05) is 6.54 Å². The molecule has 0 aromatic carbocycles. The van der Waals surface area contributed by atoms with Crippen LogP contribution in [0.5, 0.6) is 0 Å². The molecule has 0 saturated carbocycles. The Labute approximate surface area is 109 Å². The van der Waals surface area contributed by atoms with Gasteiger partial charge in [-0.15, -0.1) is 0 Å². The fraction of sp³-hybridized carbons (Fsp3) is 0.833. The smallest absolute Gasteiger partial charge is 0.240 e. The second kappa shape index (κ2) is 8.88. The maximum Gasteiger partial charge on any atom is 0.240 e. The summed E-state index contributed by atoms with van der Waals surface area (Å²) in [5.41, 5.74) is 16.3. The second-order valence-electron chi connectivity index (χ2n) is 4.98. The molecule has 2 unspecified atom stereocenters. The van der Waals surface area contributed by atoms with Gasteiger partial charge >= 0.3 is 0 Å². The van der Waals surface area contributed by atoms with Gasteiger partial charge in [-0.1, -0.05) is 20.3 Å². The van der Waals surface area contributed by atoms with Gasteiger partial charge in [-0.2, -0.15) is 0 Å². The summed E-state index contributed by atoms with van der Waals surface area (Å²) in [4.78, 5) is 23.0. The third-order valence-electron chi connectivity index (χ3n) is 2.67. The summed E-state index contributed by atoms with van der Waals surface area (Å²) in [6, 6.07) is -1.25. The highest BCUT2D eigenvalue weighted by Crippen LogP contribution is 2.05. The van der Waals surface area contributed by atoms with Gasteiger partial charge in [0.25, 0.3) is 0 Å². The van der Waals surface area contributed by atoms with Crippen molar-refractivity contribution in [2.45, 2.75) is 51.6 Å². The molecule has 106 valence electrons. The van der Waals surface area contributed by atoms with Gasteiger partial charge in [-0.05, 0) is 31.7 Å². The van der Waals surface area contributed by atoms with Crippen molar-refractivity contribution < 1.29 is 9.59 Å². The molecule has 7 N–H and O–H groups in total. The highest BCUT2D eigenvalue weighted by atomic mass is 16.2. The van der Waals surface area contributed by atoms with Crippen molar-refractivity contribution >= 4 is 11.8 Å². The van der Waals surface area contributed by atoms with Crippen LogP contribution in [-0.4, -0.2) is 30.4 Å². The van der Waals surface area contributed by atoms with Crippen molar-refractivity contribution in [3.05, 3.63) is 0 Å². The Balaban J connectivity index is 4.19. The SMILES string of the molecule is CC(C)CC(NC(=O)C(N)CCCCN)C(N)=O. The molecule has 18 heavy (non-hydrogen) atoms. The third kappa shape index (κ3) is 7.24. The number of rotatable bonds is 9. The third-order valence-corrected chi connectivity index (χ3v) is 2.67. The van der Waals surface area contributed by atoms with Gasteiger partial charge in [0.2, 0.25) is 11.8 Å². The van der Waals surface area contributed by atoms with E-state index in [1.54, 1.807) is 0 Å². The lowest BCUT2D eigenvalue weighted by Gasteiger charge is -2.20. The lowest BCUT2D eigenvalue weighted by Crippen LogP contribution is -2.50. The zero-order valence-electron chi connectivity index (χ0n) is 11.3. The summed E-state index contributed by atoms with van der Waals surface area (Å²) in [5.74, 6) is -0.570. The average Bonchev–Trinajstić information content (AvgIpc) is 2.27. The summed E-state index contributed by atoms with van der Waals surface area (Å²) in [5, 5.41) is 2.60. The van der Waals surface area contributed by atoms with Crippen LogP contribution < -0.4 is 22.5 Å². The van der Waals surface area contributed by atoms with E-state index in [4.69, 9.17) is 17.2 Å². The number of hydrogen-bond acceptors (Lipinski definition) is 4. The highest BCUT2D eigenvalue weighted by molar-refractivity contribution is 5.88. The van der Waals surface area contributed by atoms with Gasteiger partial charge < -0.3 is 22.5 Å². The van der Waals surface area contributed by atoms with Crippen molar-refractivity contribution in [1.82, 2.24) is 5.32 Å². The largest absolute Gasteiger partial charge is 0.368 e. The van der Waals surface area contributed by atoms with Gasteiger partial charge in [0, 0.05) is 0 Å². The van der Waals surface area contributed by atoms with Crippen LogP contribution in [0.2, 0.25) is 0 Å². The van der Waals surface area contributed by atoms with E-state index in [-0.39, 0.29) is 11.8 Å². The van der Waals surface area contributed by atoms with Crippen LogP contribution in [0.1, 0.15) is 39.5 Å². The van der Waals surface area contributed by atoms with E-state index in [1.165, 1.54) is 0 Å². The molecule has 0 aromatic heterocycles. The number of carbonyl (C=O) groups excluding carboxylic acids is 2. The van der Waals surface area contributed by atoms with E-state index >= 15 is 0 Å². The average molecular weight is 258 g/mol. The standard InChI is InChI=1S/C12H26N4O2/c1-8(2)7-10(11(15)17)16-12(18)9(14)5-3-4-6-13/h8-10H,3-7,13-14H2,1-2H3,(H2,15,17)(H,16,18). The number of nitrogens with one attached hydrogen (secondary N) is 1. The second-order valence-corrected chi connectivity index (χ2v) is 4.98. The van der Waals surface area contributed by atoms with Crippen LogP contribution in [0.4, 0.5) is 0 Å². The summed E-state index contributed by atoms with van der Waals surface area (Å²) in [6.07, 6.45) is 2.73. The topological polar surface area (TPSA) is 124 Å². The predicted molar refractivity (Wildman–Crippen MR) is 71.5 cm³/mol. The molecule has 0 fully saturated rings. The first-order chi connectivity index (χ1) is 8.38. The Bertz CT molecular complexity index is 269. The number of nitrogens with two attached hydrogens (primary N) is 3. The molecule has 0 radical (unpaired) electrons. The molecule has 0 saturated heterocycles. The van der Waals surface area contributed by atoms with Gasteiger partial charge in [-0.25, -0.2) is 0 Å². The van der Waals surface area contributed by atoms with Crippen molar-refractivity contribution in [3.63, 3.8) is 0 Å². The number of primary amides is 1. The van der Waals surface area contributed by atoms with E-state index in [1.807, 2.05) is 13.8 Å². The van der Waals surface area contributed by atoms with Crippen molar-refractivity contribution in [2.24, 2.45) is 23.1 Å². The zero-order chi connectivity index (χ0) is 14.1. The Morgan fingerprint density at radius 2 is 1.83 bits per heavy atom. The molecule has 0 aromatic rings. The highest BCUT2D eigenvalue weighted by Gasteiger charge is 2.22. The summed E-state index contributed by atoms with van der Waals surface area (Å²) >= 11 is 0. The molecule has 0 spiro atoms. The number of unbranched alkanes of at least 4 members (excludes halogenated alkanes) is 1. The van der Waals surface area contributed by atoms with E-state index < -0.39 is 18.0 Å². The molecular weight excluding hydrogens is 232 g/mol. The Morgan fingerprint density at radius 3 is 2.28 bits per heavy atom. The van der Waals surface area contributed by atoms with Crippen LogP contribution in [0.15, 0.2) is 0 Å². The Kier molecular flexibility index (Phi) is 8.32. The quantitative estimate of drug-likeness (QED) is 0.414. The van der Waals surface area contributed by atoms with Crippen molar-refractivity contribution in [3.8, 4) is 0 Å². The summed E-state index contributed by atoms with van der Waals surface area (Å²) < 4.78 is 0. The zero-order valence-corrected chi connectivity index (χ0v) is 11.3. The molecular formula is C12H26N4O2. The lowest BCUT2D eigenvalue weighted by molar-refractivity contribution is -0.128. The molecule has 6 nitrogen and oxygen atoms in total. The minimum Gasteiger partial charge on any atom is -0.368 e. The molecule has 2 atom stereocenters. The number of amides is 2. The minimum atomic E-state index is -0.641. The Hall–Kier alpha value is -1.14. The maximum atomic E-state index is 11.8. The van der Waals surface area contributed by atoms with Crippen LogP contribution in [0.3, 0.4) is 0 Å². The molecule has 0 aliphatic rings. The predicted octanol–water partition coefficient (Wildman–Crippen LogP) is -0.541. The first-order valence-corrected chi connectivity index (χ1v) is 6.43. The van der Waals surface area contributed by atoms with Gasteiger partial charge in [0.05, 0.1) is 6.04 Å². The molecule has 0 bridgehead atoms. The minimum absolute atomic E-state index is 0.274. The van der Waals surface area contributed by atoms with E-state index in [0.717, 1.165) is 12.8 Å². The van der Waals surface area contributed by atoms with E-state index in [9.17, 15) is 9.59 Å². The normalized spacial score (nSPS) is 14.3. The van der Waals surface area contributed by atoms with E-state index in [0.29, 0.717) is 19.4 Å². The van der Waals surface area contributed by atoms with Crippen LogP contribution in [0, 0.1) is 5.92 Å². The molecule has 0 aliphatic carbocycles. The first-order valence-electron chi connectivity index (χ1n) is 6.43. The number of carbonyl (C=O) groups is 2. The van der Waals surface area contributed by atoms with Crippen LogP contribution in [-0.2, 0) is 9.59 Å². The maximum absolute atomic E-state index is 11.8. The van der Waals surface area contributed by atoms with Crippen molar-refractivity contribution in [1.29, 1.82) is 0 Å². The lowest BCUT2D eigenvalue weighted by atomic mass is 10.0. The molecule has 0 heterocycles. The van der Waals surface area contributed by atoms with E-state index in [2.05, 4.69) is 5.32 Å². The monoisotopic (exact) mass is 258 g/mol. The molecule has 0 aliphatic heterocycles.